The minimum atomic E-state index is -0.152. The first-order valence-corrected chi connectivity index (χ1v) is 33.2. The van der Waals surface area contributed by atoms with Crippen LogP contribution in [0.2, 0.25) is 0 Å². The molecule has 0 rings (SSSR count). The van der Waals surface area contributed by atoms with Crippen LogP contribution in [0.4, 0.5) is 0 Å². The predicted octanol–water partition coefficient (Wildman–Crippen LogP) is 15.7. The molecule has 0 saturated carbocycles. The fourth-order valence-electron chi connectivity index (χ4n) is 9.87. The monoisotopic (exact) mass is 1090 g/mol. The third kappa shape index (κ3) is 55.4. The number of carbonyl (C=O) groups excluding carboxylic acids is 4. The molecule has 0 radical (unpaired) electrons. The second-order valence-corrected chi connectivity index (χ2v) is 22.7. The number of rotatable bonds is 62. The summed E-state index contributed by atoms with van der Waals surface area (Å²) in [4.78, 5) is 60.8. The maximum Gasteiger partial charge on any atom is 0.307 e. The summed E-state index contributed by atoms with van der Waals surface area (Å²) in [5.41, 5.74) is 0. The summed E-state index contributed by atoms with van der Waals surface area (Å²) in [6, 6.07) is 0. The number of esters is 4. The zero-order valence-corrected chi connectivity index (χ0v) is 51.9. The number of unbranched alkanes of at least 4 members (excludes halogenated alkanes) is 29. The van der Waals surface area contributed by atoms with Crippen LogP contribution in [0.3, 0.4) is 0 Å². The Hall–Kier alpha value is -2.28. The largest absolute Gasteiger partial charge is 0.466 e. The molecule has 0 atom stereocenters. The molecule has 0 N–H and O–H groups in total. The zero-order chi connectivity index (χ0) is 56.3. The summed E-state index contributed by atoms with van der Waals surface area (Å²) >= 11 is 0. The van der Waals surface area contributed by atoms with Gasteiger partial charge < -0.3 is 38.5 Å². The molecule has 0 saturated heterocycles. The molecule has 0 aromatic heterocycles. The van der Waals surface area contributed by atoms with Gasteiger partial charge in [-0.2, -0.15) is 0 Å². The van der Waals surface area contributed by atoms with Gasteiger partial charge in [-0.25, -0.2) is 0 Å². The van der Waals surface area contributed by atoms with Gasteiger partial charge in [0.05, 0.1) is 52.1 Å². The maximum atomic E-state index is 12.9. The molecule has 0 aliphatic heterocycles. The molecule has 0 bridgehead atoms. The molecule has 0 fully saturated rings. The summed E-state index contributed by atoms with van der Waals surface area (Å²) in [6.45, 7) is 21.9. The number of hydrogen-bond acceptors (Lipinski definition) is 12. The minimum Gasteiger partial charge on any atom is -0.466 e. The number of hydrogen-bond donors (Lipinski definition) is 0. The zero-order valence-electron chi connectivity index (χ0n) is 51.9. The minimum absolute atomic E-state index is 0.148. The Balaban J connectivity index is 5.21. The van der Waals surface area contributed by atoms with Crippen molar-refractivity contribution in [1.29, 1.82) is 0 Å². The number of likely N-dealkylation sites (N-methyl/N-ethyl adjacent to an activating group) is 1. The molecule has 0 amide bonds. The number of ether oxygens (including phenoxy) is 4. The van der Waals surface area contributed by atoms with Crippen LogP contribution in [0.15, 0.2) is 0 Å². The SMILES string of the molecule is CCCCCCCCCCOC(=O)CCN(CCCN(C)CCN(CCCC)CCCN(CCC(=O)OCCCCCCCCCC)CCC(=O)OCCCCCCCCCC)CCC(=O)OCCCCCCCCCC. The second-order valence-electron chi connectivity index (χ2n) is 22.7. The average Bonchev–Trinajstić information content (AvgIpc) is 3.42. The van der Waals surface area contributed by atoms with Gasteiger partial charge >= 0.3 is 23.9 Å². The summed E-state index contributed by atoms with van der Waals surface area (Å²) in [7, 11) is 2.19. The van der Waals surface area contributed by atoms with E-state index in [-0.39, 0.29) is 23.9 Å². The summed E-state index contributed by atoms with van der Waals surface area (Å²) < 4.78 is 22.6. The van der Waals surface area contributed by atoms with E-state index in [9.17, 15) is 19.2 Å². The van der Waals surface area contributed by atoms with Crippen LogP contribution < -0.4 is 0 Å². The van der Waals surface area contributed by atoms with Crippen LogP contribution in [-0.4, -0.2) is 149 Å². The number of nitrogens with zero attached hydrogens (tertiary/aromatic N) is 4. The molecule has 456 valence electrons. The lowest BCUT2D eigenvalue weighted by molar-refractivity contribution is -0.146. The maximum absolute atomic E-state index is 12.9. The van der Waals surface area contributed by atoms with Crippen molar-refractivity contribution in [2.75, 3.05) is 105 Å². The Morgan fingerprint density at radius 1 is 0.234 bits per heavy atom. The van der Waals surface area contributed by atoms with Crippen molar-refractivity contribution in [3.05, 3.63) is 0 Å². The molecule has 12 heteroatoms. The molecule has 0 aromatic rings. The third-order valence-corrected chi connectivity index (χ3v) is 15.2. The molecule has 0 aliphatic carbocycles. The van der Waals surface area contributed by atoms with Crippen molar-refractivity contribution in [2.24, 2.45) is 0 Å². The molecule has 77 heavy (non-hydrogen) atoms. The predicted molar refractivity (Wildman–Crippen MR) is 324 cm³/mol. The van der Waals surface area contributed by atoms with Crippen molar-refractivity contribution in [3.63, 3.8) is 0 Å². The number of carbonyl (C=O) groups is 4. The van der Waals surface area contributed by atoms with Gasteiger partial charge in [0.25, 0.3) is 0 Å². The first-order valence-electron chi connectivity index (χ1n) is 33.2. The highest BCUT2D eigenvalue weighted by atomic mass is 16.5. The summed E-state index contributed by atoms with van der Waals surface area (Å²) in [5, 5.41) is 0. The van der Waals surface area contributed by atoms with E-state index in [0.29, 0.717) is 78.3 Å². The average molecular weight is 1090 g/mol. The van der Waals surface area contributed by atoms with Crippen molar-refractivity contribution < 1.29 is 38.1 Å². The lowest BCUT2D eigenvalue weighted by Gasteiger charge is -2.28. The molecule has 0 spiro atoms. The van der Waals surface area contributed by atoms with Gasteiger partial charge in [-0.1, -0.05) is 221 Å². The van der Waals surface area contributed by atoms with E-state index in [0.717, 1.165) is 123 Å². The van der Waals surface area contributed by atoms with Gasteiger partial charge in [0.1, 0.15) is 0 Å². The summed E-state index contributed by atoms with van der Waals surface area (Å²) in [5.74, 6) is -0.600. The quantitative estimate of drug-likeness (QED) is 0.0328. The molecular weight excluding hydrogens is 965 g/mol. The van der Waals surface area contributed by atoms with Crippen LogP contribution in [0.1, 0.15) is 291 Å². The smallest absolute Gasteiger partial charge is 0.307 e. The van der Waals surface area contributed by atoms with E-state index in [1.165, 1.54) is 154 Å². The van der Waals surface area contributed by atoms with E-state index in [2.05, 4.69) is 61.3 Å². The van der Waals surface area contributed by atoms with E-state index >= 15 is 0 Å². The Bertz CT molecular complexity index is 1220. The lowest BCUT2D eigenvalue weighted by Crippen LogP contribution is -2.38. The van der Waals surface area contributed by atoms with Crippen LogP contribution in [-0.2, 0) is 38.1 Å². The van der Waals surface area contributed by atoms with Crippen LogP contribution >= 0.6 is 0 Å². The Labute approximate surface area is 476 Å². The molecule has 0 aromatic carbocycles. The lowest BCUT2D eigenvalue weighted by atomic mass is 10.1. The van der Waals surface area contributed by atoms with Gasteiger partial charge in [-0.3, -0.25) is 19.2 Å². The van der Waals surface area contributed by atoms with E-state index in [1.807, 2.05) is 0 Å². The van der Waals surface area contributed by atoms with Crippen LogP contribution in [0.25, 0.3) is 0 Å². The fraction of sp³-hybridized carbons (Fsp3) is 0.938. The molecule has 0 unspecified atom stereocenters. The molecule has 0 heterocycles. The highest BCUT2D eigenvalue weighted by Gasteiger charge is 2.16. The third-order valence-electron chi connectivity index (χ3n) is 15.2. The van der Waals surface area contributed by atoms with Gasteiger partial charge in [0.2, 0.25) is 0 Å². The second kappa shape index (κ2) is 59.8. The van der Waals surface area contributed by atoms with Gasteiger partial charge in [-0.15, -0.1) is 0 Å². The van der Waals surface area contributed by atoms with Gasteiger partial charge in [0.15, 0.2) is 0 Å². The van der Waals surface area contributed by atoms with E-state index in [4.69, 9.17) is 18.9 Å². The topological polar surface area (TPSA) is 118 Å². The molecule has 0 aliphatic rings. The Morgan fingerprint density at radius 3 is 0.727 bits per heavy atom. The highest BCUT2D eigenvalue weighted by Crippen LogP contribution is 2.13. The summed E-state index contributed by atoms with van der Waals surface area (Å²) in [6.07, 6.45) is 44.2. The van der Waals surface area contributed by atoms with Crippen molar-refractivity contribution in [2.45, 2.75) is 291 Å². The van der Waals surface area contributed by atoms with Gasteiger partial charge in [-0.05, 0) is 84.7 Å². The van der Waals surface area contributed by atoms with Crippen LogP contribution in [0, 0.1) is 0 Å². The highest BCUT2D eigenvalue weighted by molar-refractivity contribution is 5.71. The Kier molecular flexibility index (Phi) is 58.1. The standard InChI is InChI=1S/C65H128N4O8/c1-7-12-17-21-25-29-33-37-58-74-62(70)43-52-68(53-44-63(71)75-59-38-34-30-26-22-18-13-8-2)49-41-47-66(6)56-57-67(48-16-11-5)50-42-51-69(54-45-64(72)76-60-39-35-31-27-23-19-14-9-3)55-46-65(73)77-61-40-36-32-28-24-20-15-10-4/h7-61H2,1-6H3. The Morgan fingerprint density at radius 2 is 0.455 bits per heavy atom. The normalized spacial score (nSPS) is 11.7. The van der Waals surface area contributed by atoms with E-state index < -0.39 is 0 Å². The van der Waals surface area contributed by atoms with Crippen molar-refractivity contribution in [3.8, 4) is 0 Å². The first-order chi connectivity index (χ1) is 37.7. The molecular formula is C65H128N4O8. The van der Waals surface area contributed by atoms with Crippen molar-refractivity contribution in [1.82, 2.24) is 19.6 Å². The van der Waals surface area contributed by atoms with Gasteiger partial charge in [0, 0.05) is 39.3 Å². The van der Waals surface area contributed by atoms with Crippen molar-refractivity contribution >= 4 is 23.9 Å². The molecule has 12 nitrogen and oxygen atoms in total. The van der Waals surface area contributed by atoms with E-state index in [1.54, 1.807) is 0 Å². The van der Waals surface area contributed by atoms with Crippen LogP contribution in [0.5, 0.6) is 0 Å². The first kappa shape index (κ1) is 74.7. The fourth-order valence-corrected chi connectivity index (χ4v) is 9.87.